The second-order valence-electron chi connectivity index (χ2n) is 9.67. The van der Waals surface area contributed by atoms with Gasteiger partial charge in [0, 0.05) is 19.5 Å². The number of imidazole rings is 1. The molecule has 34 heavy (non-hydrogen) atoms. The predicted molar refractivity (Wildman–Crippen MR) is 118 cm³/mol. The number of rotatable bonds is 7. The van der Waals surface area contributed by atoms with Crippen LogP contribution in [0.5, 0.6) is 5.75 Å². The lowest BCUT2D eigenvalue weighted by atomic mass is 10.1. The monoisotopic (exact) mass is 504 g/mol. The molecule has 0 bridgehead atoms. The van der Waals surface area contributed by atoms with Gasteiger partial charge in [-0.15, -0.1) is 0 Å². The van der Waals surface area contributed by atoms with Crippen molar-refractivity contribution in [1.82, 2.24) is 9.55 Å². The van der Waals surface area contributed by atoms with Crippen LogP contribution in [0, 0.1) is 0 Å². The molecule has 1 aliphatic rings. The molecule has 1 aliphatic heterocycles. The van der Waals surface area contributed by atoms with E-state index in [2.05, 4.69) is 9.72 Å². The van der Waals surface area contributed by atoms with Crippen molar-refractivity contribution in [3.05, 3.63) is 18.2 Å². The minimum absolute atomic E-state index is 0.0419. The minimum Gasteiger partial charge on any atom is -0.460 e. The first kappa shape index (κ1) is 26.3. The van der Waals surface area contributed by atoms with Crippen LogP contribution in [0.15, 0.2) is 23.4 Å². The lowest BCUT2D eigenvalue weighted by Crippen LogP contribution is -2.47. The largest absolute Gasteiger partial charge is 0.460 e. The van der Waals surface area contributed by atoms with Gasteiger partial charge < -0.3 is 23.5 Å². The van der Waals surface area contributed by atoms with Gasteiger partial charge in [0.15, 0.2) is 5.79 Å². The van der Waals surface area contributed by atoms with Crippen molar-refractivity contribution in [2.45, 2.75) is 82.8 Å². The summed E-state index contributed by atoms with van der Waals surface area (Å²) in [6.07, 6.45) is -1.23. The first-order valence-corrected chi connectivity index (χ1v) is 12.4. The van der Waals surface area contributed by atoms with E-state index < -0.39 is 51.8 Å². The fraction of sp³-hybridized carbons (Fsp3) is 0.636. The van der Waals surface area contributed by atoms with Gasteiger partial charge >= 0.3 is 12.6 Å². The van der Waals surface area contributed by atoms with E-state index in [0.29, 0.717) is 5.52 Å². The van der Waals surface area contributed by atoms with Crippen molar-refractivity contribution in [2.24, 2.45) is 7.05 Å². The molecule has 3 rings (SSSR count). The fourth-order valence-corrected chi connectivity index (χ4v) is 5.54. The van der Waals surface area contributed by atoms with Crippen molar-refractivity contribution in [1.29, 1.82) is 0 Å². The highest BCUT2D eigenvalue weighted by Crippen LogP contribution is 2.31. The van der Waals surface area contributed by atoms with Crippen molar-refractivity contribution in [3.8, 4) is 5.75 Å². The number of carbonyl (C=O) groups excluding carboxylic acids is 1. The Morgan fingerprint density at radius 2 is 1.91 bits per heavy atom. The molecule has 0 spiro atoms. The van der Waals surface area contributed by atoms with E-state index in [1.807, 2.05) is 0 Å². The zero-order valence-corrected chi connectivity index (χ0v) is 20.8. The number of esters is 1. The number of ether oxygens (including phenoxy) is 4. The average Bonchev–Trinajstić information content (AvgIpc) is 2.94. The molecular weight excluding hydrogens is 474 g/mol. The number of carbonyl (C=O) groups is 1. The van der Waals surface area contributed by atoms with E-state index in [0.717, 1.165) is 0 Å². The maximum Gasteiger partial charge on any atom is 0.387 e. The number of nitrogens with zero attached hydrogens (tertiary/aromatic N) is 2. The van der Waals surface area contributed by atoms with Gasteiger partial charge in [-0.2, -0.15) is 8.78 Å². The molecule has 0 radical (unpaired) electrons. The lowest BCUT2D eigenvalue weighted by Gasteiger charge is -2.40. The number of fused-ring (bicyclic) bond motifs is 1. The number of hydrogen-bond donors (Lipinski definition) is 0. The van der Waals surface area contributed by atoms with Crippen LogP contribution < -0.4 is 4.74 Å². The molecule has 1 aromatic carbocycles. The molecule has 2 aromatic rings. The summed E-state index contributed by atoms with van der Waals surface area (Å²) in [7, 11) is -2.43. The van der Waals surface area contributed by atoms with E-state index in [9.17, 15) is 22.0 Å². The number of aryl methyl sites for hydroxylation is 1. The molecule has 1 unspecified atom stereocenters. The highest BCUT2D eigenvalue weighted by molar-refractivity contribution is 7.91. The number of halogens is 2. The topological polar surface area (TPSA) is 106 Å². The Labute approximate surface area is 197 Å². The summed E-state index contributed by atoms with van der Waals surface area (Å²) in [4.78, 5) is 16.4. The summed E-state index contributed by atoms with van der Waals surface area (Å²) in [6.45, 7) is 5.56. The van der Waals surface area contributed by atoms with Gasteiger partial charge in [0.1, 0.15) is 11.4 Å². The molecule has 9 nitrogen and oxygen atoms in total. The van der Waals surface area contributed by atoms with Crippen molar-refractivity contribution in [3.63, 3.8) is 0 Å². The summed E-state index contributed by atoms with van der Waals surface area (Å²) < 4.78 is 74.2. The van der Waals surface area contributed by atoms with Crippen LogP contribution in [0.25, 0.3) is 11.0 Å². The summed E-state index contributed by atoms with van der Waals surface area (Å²) >= 11 is 0. The molecule has 2 atom stereocenters. The predicted octanol–water partition coefficient (Wildman–Crippen LogP) is 3.59. The normalized spacial score (nSPS) is 21.1. The minimum atomic E-state index is -3.95. The molecular formula is C22H30F2N2O7S. The van der Waals surface area contributed by atoms with Crippen LogP contribution >= 0.6 is 0 Å². The second kappa shape index (κ2) is 9.38. The molecule has 12 heteroatoms. The number of benzene rings is 1. The molecule has 1 fully saturated rings. The number of alkyl halides is 2. The van der Waals surface area contributed by atoms with Gasteiger partial charge in [-0.25, -0.2) is 13.4 Å². The number of aromatic nitrogens is 2. The number of hydrogen-bond acceptors (Lipinski definition) is 8. The van der Waals surface area contributed by atoms with Crippen LogP contribution in [0.3, 0.4) is 0 Å². The summed E-state index contributed by atoms with van der Waals surface area (Å²) in [5, 5.41) is -0.228. The van der Waals surface area contributed by atoms with Gasteiger partial charge in [-0.05, 0) is 46.8 Å². The van der Waals surface area contributed by atoms with E-state index >= 15 is 0 Å². The Balaban J connectivity index is 1.79. The Kier molecular flexibility index (Phi) is 7.26. The van der Waals surface area contributed by atoms with Crippen molar-refractivity contribution >= 4 is 26.8 Å². The maximum atomic E-state index is 13.2. The maximum absolute atomic E-state index is 13.2. The van der Waals surface area contributed by atoms with Crippen LogP contribution in [0.2, 0.25) is 0 Å². The molecule has 1 saturated heterocycles. The second-order valence-corrected chi connectivity index (χ2v) is 11.6. The average molecular weight is 505 g/mol. The first-order chi connectivity index (χ1) is 15.5. The van der Waals surface area contributed by atoms with E-state index in [-0.39, 0.29) is 29.3 Å². The molecule has 0 saturated carbocycles. The number of sulfone groups is 1. The van der Waals surface area contributed by atoms with E-state index in [4.69, 9.17) is 14.2 Å². The SMILES string of the molecule is Cn1c(S(=O)(=O)C[C@@H]2CC(CC(=O)OC(C)(C)C)OC(C)(C)O2)nc2cc(OC(F)F)ccc21. The van der Waals surface area contributed by atoms with Gasteiger partial charge in [0.25, 0.3) is 0 Å². The highest BCUT2D eigenvalue weighted by Gasteiger charge is 2.40. The molecule has 190 valence electrons. The molecule has 1 aromatic heterocycles. The third-order valence-electron chi connectivity index (χ3n) is 4.96. The Bertz CT molecular complexity index is 1160. The molecule has 0 aliphatic carbocycles. The Morgan fingerprint density at radius 3 is 2.53 bits per heavy atom. The van der Waals surface area contributed by atoms with Crippen LogP contribution in [0.4, 0.5) is 8.78 Å². The molecule has 0 N–H and O–H groups in total. The van der Waals surface area contributed by atoms with Gasteiger partial charge in [-0.1, -0.05) is 0 Å². The first-order valence-electron chi connectivity index (χ1n) is 10.8. The third kappa shape index (κ3) is 6.63. The Hall–Kier alpha value is -2.31. The zero-order chi connectivity index (χ0) is 25.5. The van der Waals surface area contributed by atoms with Crippen molar-refractivity contribution < 1.29 is 40.9 Å². The highest BCUT2D eigenvalue weighted by atomic mass is 32.2. The summed E-state index contributed by atoms with van der Waals surface area (Å²) in [6, 6.07) is 4.04. The van der Waals surface area contributed by atoms with Crippen molar-refractivity contribution in [2.75, 3.05) is 5.75 Å². The quantitative estimate of drug-likeness (QED) is 0.527. The van der Waals surface area contributed by atoms with E-state index in [1.54, 1.807) is 34.6 Å². The van der Waals surface area contributed by atoms with Gasteiger partial charge in [0.2, 0.25) is 15.0 Å². The summed E-state index contributed by atoms with van der Waals surface area (Å²) in [5.41, 5.74) is -0.00697. The smallest absolute Gasteiger partial charge is 0.387 e. The van der Waals surface area contributed by atoms with Crippen LogP contribution in [-0.2, 0) is 35.9 Å². The zero-order valence-electron chi connectivity index (χ0n) is 20.0. The summed E-state index contributed by atoms with van der Waals surface area (Å²) in [5.74, 6) is -2.08. The van der Waals surface area contributed by atoms with Gasteiger partial charge in [0.05, 0.1) is 35.4 Å². The molecule has 0 amide bonds. The standard InChI is InChI=1S/C22H30F2N2O7S/c1-21(2,3)33-18(27)11-14-9-15(32-22(4,5)31-14)12-34(28,29)20-25-16-10-13(30-19(23)24)7-8-17(16)26(20)6/h7-8,10,14-15,19H,9,11-12H2,1-6H3/t14?,15-/m0/s1. The Morgan fingerprint density at radius 1 is 1.26 bits per heavy atom. The lowest BCUT2D eigenvalue weighted by molar-refractivity contribution is -0.295. The fourth-order valence-electron chi connectivity index (χ4n) is 3.95. The van der Waals surface area contributed by atoms with Gasteiger partial charge in [-0.3, -0.25) is 4.79 Å². The third-order valence-corrected chi connectivity index (χ3v) is 6.69. The van der Waals surface area contributed by atoms with Crippen LogP contribution in [0.1, 0.15) is 47.5 Å². The van der Waals surface area contributed by atoms with Crippen LogP contribution in [-0.4, -0.2) is 59.9 Å². The van der Waals surface area contributed by atoms with E-state index in [1.165, 1.54) is 29.8 Å². The molecule has 2 heterocycles.